The molecule has 78 valence electrons. The number of rotatable bonds is 2. The van der Waals surface area contributed by atoms with Crippen molar-refractivity contribution in [2.75, 3.05) is 5.32 Å². The van der Waals surface area contributed by atoms with Crippen LogP contribution in [0.5, 0.6) is 0 Å². The van der Waals surface area contributed by atoms with Crippen LogP contribution in [-0.4, -0.2) is 25.8 Å². The van der Waals surface area contributed by atoms with Crippen LogP contribution in [-0.2, 0) is 4.79 Å². The van der Waals surface area contributed by atoms with Gasteiger partial charge in [-0.05, 0) is 0 Å². The molecule has 2 heterocycles. The number of H-pyrrole nitrogens is 2. The number of nitrogens with one attached hydrogen (secondary N) is 3. The van der Waals surface area contributed by atoms with Gasteiger partial charge in [-0.3, -0.25) is 19.9 Å². The minimum absolute atomic E-state index is 0.117. The van der Waals surface area contributed by atoms with Crippen molar-refractivity contribution in [2.45, 2.75) is 13.3 Å². The number of nitrogens with zero attached hydrogens (tertiary/aromatic N) is 2. The molecule has 0 spiro atoms. The Morgan fingerprint density at radius 2 is 2.40 bits per heavy atom. The number of aromatic nitrogens is 4. The van der Waals surface area contributed by atoms with Crippen LogP contribution in [0.1, 0.15) is 13.3 Å². The number of carbonyl (C=O) groups is 1. The summed E-state index contributed by atoms with van der Waals surface area (Å²) in [6.07, 6.45) is 1.70. The smallest absolute Gasteiger partial charge is 0.278 e. The predicted molar refractivity (Wildman–Crippen MR) is 53.4 cm³/mol. The van der Waals surface area contributed by atoms with E-state index in [-0.39, 0.29) is 23.1 Å². The summed E-state index contributed by atoms with van der Waals surface area (Å²) in [6.45, 7) is 1.71. The fourth-order valence-electron chi connectivity index (χ4n) is 1.12. The summed E-state index contributed by atoms with van der Waals surface area (Å²) >= 11 is 0. The molecule has 1 amide bonds. The Hall–Kier alpha value is -2.18. The minimum Gasteiger partial charge on any atom is -0.339 e. The second-order valence-electron chi connectivity index (χ2n) is 2.92. The topological polar surface area (TPSA) is 104 Å². The number of anilines is 1. The van der Waals surface area contributed by atoms with E-state index in [2.05, 4.69) is 25.3 Å². The van der Waals surface area contributed by atoms with E-state index in [9.17, 15) is 9.59 Å². The van der Waals surface area contributed by atoms with Crippen molar-refractivity contribution in [3.05, 3.63) is 16.7 Å². The molecule has 0 radical (unpaired) electrons. The fourth-order valence-corrected chi connectivity index (χ4v) is 1.12. The van der Waals surface area contributed by atoms with Crippen molar-refractivity contribution in [2.24, 2.45) is 0 Å². The summed E-state index contributed by atoms with van der Waals surface area (Å²) in [5, 5.41) is 2.45. The van der Waals surface area contributed by atoms with Gasteiger partial charge in [-0.15, -0.1) is 0 Å². The van der Waals surface area contributed by atoms with Crippen molar-refractivity contribution in [3.8, 4) is 0 Å². The Morgan fingerprint density at radius 1 is 1.60 bits per heavy atom. The molecule has 0 saturated carbocycles. The molecule has 3 N–H and O–H groups in total. The maximum atomic E-state index is 11.4. The third-order valence-corrected chi connectivity index (χ3v) is 1.87. The first-order valence-corrected chi connectivity index (χ1v) is 4.44. The SMILES string of the molecule is CCC(=O)Nc1nc2nc[nH]c2c(=O)[nH]1. The molecule has 2 aromatic rings. The third kappa shape index (κ3) is 1.71. The van der Waals surface area contributed by atoms with E-state index >= 15 is 0 Å². The van der Waals surface area contributed by atoms with Crippen LogP contribution in [0.3, 0.4) is 0 Å². The average Bonchev–Trinajstić information content (AvgIpc) is 2.66. The third-order valence-electron chi connectivity index (χ3n) is 1.87. The van der Waals surface area contributed by atoms with Gasteiger partial charge in [0.05, 0.1) is 6.33 Å². The van der Waals surface area contributed by atoms with E-state index in [1.54, 1.807) is 6.92 Å². The highest BCUT2D eigenvalue weighted by atomic mass is 16.2. The monoisotopic (exact) mass is 207 g/mol. The molecule has 0 aliphatic rings. The fraction of sp³-hybridized carbons (Fsp3) is 0.250. The zero-order valence-electron chi connectivity index (χ0n) is 8.00. The maximum Gasteiger partial charge on any atom is 0.278 e. The summed E-state index contributed by atoms with van der Waals surface area (Å²) < 4.78 is 0. The number of hydrogen-bond acceptors (Lipinski definition) is 4. The lowest BCUT2D eigenvalue weighted by molar-refractivity contribution is -0.115. The molecule has 0 aromatic carbocycles. The molecule has 7 nitrogen and oxygen atoms in total. The number of fused-ring (bicyclic) bond motifs is 1. The molecule has 15 heavy (non-hydrogen) atoms. The molecule has 7 heteroatoms. The summed E-state index contributed by atoms with van der Waals surface area (Å²) in [4.78, 5) is 35.4. The van der Waals surface area contributed by atoms with Crippen LogP contribution in [0.2, 0.25) is 0 Å². The van der Waals surface area contributed by atoms with Crippen LogP contribution in [0, 0.1) is 0 Å². The Kier molecular flexibility index (Phi) is 2.20. The first-order valence-electron chi connectivity index (χ1n) is 4.44. The molecule has 2 rings (SSSR count). The van der Waals surface area contributed by atoms with Gasteiger partial charge < -0.3 is 4.98 Å². The van der Waals surface area contributed by atoms with E-state index in [0.29, 0.717) is 11.9 Å². The predicted octanol–water partition coefficient (Wildman–Crippen LogP) is -0.00530. The van der Waals surface area contributed by atoms with E-state index in [1.165, 1.54) is 6.33 Å². The Balaban J connectivity index is 2.45. The van der Waals surface area contributed by atoms with E-state index < -0.39 is 0 Å². The van der Waals surface area contributed by atoms with Gasteiger partial charge in [0.2, 0.25) is 11.9 Å². The van der Waals surface area contributed by atoms with E-state index in [4.69, 9.17) is 0 Å². The molecule has 0 saturated heterocycles. The molecule has 0 aliphatic heterocycles. The van der Waals surface area contributed by atoms with Gasteiger partial charge in [0.25, 0.3) is 5.56 Å². The molecular formula is C8H9N5O2. The Bertz CT molecular complexity index is 555. The normalized spacial score (nSPS) is 10.5. The quantitative estimate of drug-likeness (QED) is 0.644. The van der Waals surface area contributed by atoms with Gasteiger partial charge in [-0.2, -0.15) is 4.98 Å². The van der Waals surface area contributed by atoms with Gasteiger partial charge >= 0.3 is 0 Å². The van der Waals surface area contributed by atoms with E-state index in [1.807, 2.05) is 0 Å². The number of aromatic amines is 2. The van der Waals surface area contributed by atoms with Crippen LogP contribution < -0.4 is 10.9 Å². The average molecular weight is 207 g/mol. The zero-order chi connectivity index (χ0) is 10.8. The highest BCUT2D eigenvalue weighted by Crippen LogP contribution is 2.02. The van der Waals surface area contributed by atoms with Crippen LogP contribution in [0.15, 0.2) is 11.1 Å². The van der Waals surface area contributed by atoms with Gasteiger partial charge in [-0.1, -0.05) is 6.92 Å². The van der Waals surface area contributed by atoms with Gasteiger partial charge in [0, 0.05) is 6.42 Å². The van der Waals surface area contributed by atoms with Gasteiger partial charge in [0.1, 0.15) is 0 Å². The van der Waals surface area contributed by atoms with E-state index in [0.717, 1.165) is 0 Å². The summed E-state index contributed by atoms with van der Waals surface area (Å²) in [7, 11) is 0. The molecule has 0 aliphatic carbocycles. The maximum absolute atomic E-state index is 11.4. The van der Waals surface area contributed by atoms with Crippen molar-refractivity contribution >= 4 is 23.0 Å². The first kappa shape index (κ1) is 9.38. The van der Waals surface area contributed by atoms with Crippen molar-refractivity contribution in [3.63, 3.8) is 0 Å². The molecule has 0 bridgehead atoms. The van der Waals surface area contributed by atoms with Gasteiger partial charge in [-0.25, -0.2) is 4.98 Å². The second kappa shape index (κ2) is 3.52. The van der Waals surface area contributed by atoms with Crippen LogP contribution in [0.4, 0.5) is 5.95 Å². The molecule has 2 aromatic heterocycles. The summed E-state index contributed by atoms with van der Waals surface area (Å²) in [5.41, 5.74) is 0.221. The lowest BCUT2D eigenvalue weighted by atomic mass is 10.4. The molecule has 0 atom stereocenters. The first-order chi connectivity index (χ1) is 7.20. The van der Waals surface area contributed by atoms with Crippen molar-refractivity contribution in [1.29, 1.82) is 0 Å². The lowest BCUT2D eigenvalue weighted by Gasteiger charge is -2.00. The summed E-state index contributed by atoms with van der Waals surface area (Å²) in [5.74, 6) is -0.0977. The number of imidazole rings is 1. The second-order valence-corrected chi connectivity index (χ2v) is 2.92. The largest absolute Gasteiger partial charge is 0.339 e. The standard InChI is InChI=1S/C8H9N5O2/c1-2-4(14)11-8-12-6-5(7(15)13-8)9-3-10-6/h3H,2H2,1H3,(H3,9,10,11,12,13,14,15). The van der Waals surface area contributed by atoms with Crippen molar-refractivity contribution < 1.29 is 4.79 Å². The van der Waals surface area contributed by atoms with Gasteiger partial charge in [0.15, 0.2) is 11.2 Å². The van der Waals surface area contributed by atoms with Crippen LogP contribution >= 0.6 is 0 Å². The number of hydrogen-bond donors (Lipinski definition) is 3. The molecule has 0 unspecified atom stereocenters. The zero-order valence-corrected chi connectivity index (χ0v) is 8.00. The summed E-state index contributed by atoms with van der Waals surface area (Å²) in [6, 6.07) is 0. The number of carbonyl (C=O) groups excluding carboxylic acids is 1. The molecular weight excluding hydrogens is 198 g/mol. The highest BCUT2D eigenvalue weighted by molar-refractivity contribution is 5.89. The molecule has 0 fully saturated rings. The Labute approximate surface area is 83.9 Å². The Morgan fingerprint density at radius 3 is 3.13 bits per heavy atom. The number of amides is 1. The van der Waals surface area contributed by atoms with Crippen LogP contribution in [0.25, 0.3) is 11.2 Å². The lowest BCUT2D eigenvalue weighted by Crippen LogP contribution is -2.17. The van der Waals surface area contributed by atoms with Crippen molar-refractivity contribution in [1.82, 2.24) is 19.9 Å². The highest BCUT2D eigenvalue weighted by Gasteiger charge is 2.06. The minimum atomic E-state index is -0.357.